The molecule has 0 aromatic rings. The quantitative estimate of drug-likeness (QED) is 0.663. The smallest absolute Gasteiger partial charge is 0.154 e. The maximum atomic E-state index is 11.7. The summed E-state index contributed by atoms with van der Waals surface area (Å²) in [5.41, 5.74) is 0. The highest BCUT2D eigenvalue weighted by Gasteiger charge is 2.33. The van der Waals surface area contributed by atoms with Gasteiger partial charge in [0.2, 0.25) is 0 Å². The van der Waals surface area contributed by atoms with Crippen LogP contribution in [-0.2, 0) is 14.6 Å². The van der Waals surface area contributed by atoms with Gasteiger partial charge in [0, 0.05) is 13.2 Å². The third kappa shape index (κ3) is 4.95. The van der Waals surface area contributed by atoms with Gasteiger partial charge < -0.3 is 10.1 Å². The zero-order chi connectivity index (χ0) is 11.3. The Morgan fingerprint density at radius 1 is 1.47 bits per heavy atom. The molecule has 0 amide bonds. The highest BCUT2D eigenvalue weighted by atomic mass is 32.2. The van der Waals surface area contributed by atoms with Gasteiger partial charge in [0.05, 0.1) is 18.1 Å². The molecule has 1 aliphatic rings. The lowest BCUT2D eigenvalue weighted by molar-refractivity contribution is 0.217. The van der Waals surface area contributed by atoms with Crippen LogP contribution in [0.25, 0.3) is 0 Å². The summed E-state index contributed by atoms with van der Waals surface area (Å²) in [6, 6.07) is 0.150. The second-order valence-electron chi connectivity index (χ2n) is 4.11. The summed E-state index contributed by atoms with van der Waals surface area (Å²) in [4.78, 5) is 0. The van der Waals surface area contributed by atoms with Gasteiger partial charge in [-0.25, -0.2) is 8.42 Å². The maximum absolute atomic E-state index is 11.7. The van der Waals surface area contributed by atoms with E-state index in [-0.39, 0.29) is 17.5 Å². The van der Waals surface area contributed by atoms with E-state index in [0.29, 0.717) is 12.5 Å². The Bertz CT molecular complexity index is 272. The van der Waals surface area contributed by atoms with E-state index in [9.17, 15) is 8.42 Å². The molecule has 4 nitrogen and oxygen atoms in total. The van der Waals surface area contributed by atoms with Crippen LogP contribution in [0, 0.1) is 5.92 Å². The zero-order valence-corrected chi connectivity index (χ0v) is 10.3. The fourth-order valence-electron chi connectivity index (χ4n) is 1.69. The topological polar surface area (TPSA) is 55.4 Å². The summed E-state index contributed by atoms with van der Waals surface area (Å²) >= 11 is 0. The molecule has 90 valence electrons. The highest BCUT2D eigenvalue weighted by molar-refractivity contribution is 7.91. The molecule has 0 spiro atoms. The molecule has 5 heteroatoms. The zero-order valence-electron chi connectivity index (χ0n) is 9.53. The maximum Gasteiger partial charge on any atom is 0.154 e. The Morgan fingerprint density at radius 3 is 2.60 bits per heavy atom. The van der Waals surface area contributed by atoms with E-state index in [4.69, 9.17) is 4.74 Å². The van der Waals surface area contributed by atoms with E-state index in [0.717, 1.165) is 19.4 Å². The number of rotatable bonds is 8. The SMILES string of the molecule is CCNC(CS(=O)(=O)CCOC)C1CC1. The molecule has 1 fully saturated rings. The number of methoxy groups -OCH3 is 1. The van der Waals surface area contributed by atoms with E-state index in [1.165, 1.54) is 7.11 Å². The number of nitrogens with one attached hydrogen (secondary N) is 1. The van der Waals surface area contributed by atoms with E-state index in [1.807, 2.05) is 6.92 Å². The van der Waals surface area contributed by atoms with Crippen molar-refractivity contribution in [2.45, 2.75) is 25.8 Å². The standard InChI is InChI=1S/C10H21NO3S/c1-3-11-10(9-4-5-9)8-15(12,13)7-6-14-2/h9-11H,3-8H2,1-2H3. The van der Waals surface area contributed by atoms with E-state index in [2.05, 4.69) is 5.32 Å². The molecule has 0 aliphatic heterocycles. The van der Waals surface area contributed by atoms with Gasteiger partial charge in [-0.3, -0.25) is 0 Å². The van der Waals surface area contributed by atoms with Gasteiger partial charge in [-0.05, 0) is 25.3 Å². The fraction of sp³-hybridized carbons (Fsp3) is 1.00. The largest absolute Gasteiger partial charge is 0.384 e. The van der Waals surface area contributed by atoms with Crippen LogP contribution in [-0.4, -0.2) is 46.2 Å². The molecule has 0 saturated heterocycles. The van der Waals surface area contributed by atoms with Crippen LogP contribution >= 0.6 is 0 Å². The van der Waals surface area contributed by atoms with Crippen LogP contribution in [0.2, 0.25) is 0 Å². The lowest BCUT2D eigenvalue weighted by atomic mass is 10.2. The van der Waals surface area contributed by atoms with Crippen LogP contribution in [0.4, 0.5) is 0 Å². The minimum Gasteiger partial charge on any atom is -0.384 e. The Kier molecular flexibility index (Phi) is 5.02. The van der Waals surface area contributed by atoms with Gasteiger partial charge in [0.25, 0.3) is 0 Å². The van der Waals surface area contributed by atoms with E-state index in [1.54, 1.807) is 0 Å². The number of hydrogen-bond donors (Lipinski definition) is 1. The van der Waals surface area contributed by atoms with Gasteiger partial charge in [0.15, 0.2) is 9.84 Å². The predicted molar refractivity (Wildman–Crippen MR) is 60.7 cm³/mol. The van der Waals surface area contributed by atoms with Crippen molar-refractivity contribution >= 4 is 9.84 Å². The summed E-state index contributed by atoms with van der Waals surface area (Å²) in [6.45, 7) is 3.14. The van der Waals surface area contributed by atoms with Gasteiger partial charge in [0.1, 0.15) is 0 Å². The number of sulfone groups is 1. The molecule has 1 saturated carbocycles. The minimum atomic E-state index is -2.96. The average Bonchev–Trinajstić information content (AvgIpc) is 2.97. The van der Waals surface area contributed by atoms with Crippen molar-refractivity contribution in [3.05, 3.63) is 0 Å². The van der Waals surface area contributed by atoms with E-state index < -0.39 is 9.84 Å². The summed E-state index contributed by atoms with van der Waals surface area (Å²) in [7, 11) is -1.43. The van der Waals surface area contributed by atoms with Crippen molar-refractivity contribution in [2.24, 2.45) is 5.92 Å². The molecule has 1 unspecified atom stereocenters. The Morgan fingerprint density at radius 2 is 2.13 bits per heavy atom. The number of ether oxygens (including phenoxy) is 1. The Balaban J connectivity index is 2.41. The van der Waals surface area contributed by atoms with Crippen molar-refractivity contribution in [3.8, 4) is 0 Å². The van der Waals surface area contributed by atoms with Gasteiger partial charge >= 0.3 is 0 Å². The Labute approximate surface area is 92.3 Å². The first kappa shape index (κ1) is 12.9. The van der Waals surface area contributed by atoms with Crippen LogP contribution in [0.5, 0.6) is 0 Å². The lowest BCUT2D eigenvalue weighted by Gasteiger charge is -2.16. The van der Waals surface area contributed by atoms with Gasteiger partial charge in [-0.15, -0.1) is 0 Å². The van der Waals surface area contributed by atoms with Crippen molar-refractivity contribution in [1.29, 1.82) is 0 Å². The average molecular weight is 235 g/mol. The van der Waals surface area contributed by atoms with Crippen molar-refractivity contribution in [3.63, 3.8) is 0 Å². The summed E-state index contributed by atoms with van der Waals surface area (Å²) in [5.74, 6) is 0.967. The van der Waals surface area contributed by atoms with Crippen molar-refractivity contribution in [2.75, 3.05) is 31.8 Å². The van der Waals surface area contributed by atoms with Crippen molar-refractivity contribution in [1.82, 2.24) is 5.32 Å². The first-order valence-electron chi connectivity index (χ1n) is 5.52. The van der Waals surface area contributed by atoms with Crippen LogP contribution in [0.1, 0.15) is 19.8 Å². The minimum absolute atomic E-state index is 0.137. The molecule has 1 N–H and O–H groups in total. The molecule has 15 heavy (non-hydrogen) atoms. The molecule has 1 atom stereocenters. The van der Waals surface area contributed by atoms with Gasteiger partial charge in [-0.2, -0.15) is 0 Å². The highest BCUT2D eigenvalue weighted by Crippen LogP contribution is 2.33. The molecule has 0 aromatic heterocycles. The first-order chi connectivity index (χ1) is 7.09. The molecular weight excluding hydrogens is 214 g/mol. The molecular formula is C10H21NO3S. The monoisotopic (exact) mass is 235 g/mol. The third-order valence-electron chi connectivity index (χ3n) is 2.69. The molecule has 0 radical (unpaired) electrons. The number of hydrogen-bond acceptors (Lipinski definition) is 4. The van der Waals surface area contributed by atoms with E-state index >= 15 is 0 Å². The second-order valence-corrected chi connectivity index (χ2v) is 6.34. The molecule has 0 aromatic carbocycles. The molecule has 0 heterocycles. The Hall–Kier alpha value is -0.130. The van der Waals surface area contributed by atoms with Gasteiger partial charge in [-0.1, -0.05) is 6.92 Å². The predicted octanol–water partition coefficient (Wildman–Crippen LogP) is 0.436. The normalized spacial score (nSPS) is 19.1. The summed E-state index contributed by atoms with van der Waals surface area (Å²) in [6.07, 6.45) is 2.33. The summed E-state index contributed by atoms with van der Waals surface area (Å²) in [5, 5.41) is 3.26. The second kappa shape index (κ2) is 5.82. The van der Waals surface area contributed by atoms with Crippen LogP contribution in [0.3, 0.4) is 0 Å². The fourth-order valence-corrected chi connectivity index (χ4v) is 3.21. The lowest BCUT2D eigenvalue weighted by Crippen LogP contribution is -2.38. The third-order valence-corrected chi connectivity index (χ3v) is 4.34. The molecule has 1 aliphatic carbocycles. The first-order valence-corrected chi connectivity index (χ1v) is 7.34. The van der Waals surface area contributed by atoms with Crippen LogP contribution in [0.15, 0.2) is 0 Å². The van der Waals surface area contributed by atoms with Crippen LogP contribution < -0.4 is 5.32 Å². The summed E-state index contributed by atoms with van der Waals surface area (Å²) < 4.78 is 28.2. The molecule has 0 bridgehead atoms. The van der Waals surface area contributed by atoms with Crippen molar-refractivity contribution < 1.29 is 13.2 Å². The molecule has 1 rings (SSSR count).